The molecule has 0 spiro atoms. The van der Waals surface area contributed by atoms with E-state index in [1.54, 1.807) is 0 Å². The largest absolute Gasteiger partial charge is 0.345 e. The van der Waals surface area contributed by atoms with Crippen molar-refractivity contribution in [2.75, 3.05) is 5.32 Å². The summed E-state index contributed by atoms with van der Waals surface area (Å²) < 4.78 is 4.81. The van der Waals surface area contributed by atoms with Gasteiger partial charge >= 0.3 is 0 Å². The van der Waals surface area contributed by atoms with Crippen LogP contribution in [0.25, 0.3) is 28.0 Å². The molecule has 0 aliphatic carbocycles. The van der Waals surface area contributed by atoms with Crippen LogP contribution < -0.4 is 5.32 Å². The van der Waals surface area contributed by atoms with Crippen LogP contribution in [-0.4, -0.2) is 14.0 Å². The molecule has 3 nitrogen and oxygen atoms in total. The van der Waals surface area contributed by atoms with Gasteiger partial charge in [0, 0.05) is 34.6 Å². The first-order valence-electron chi connectivity index (χ1n) is 12.5. The summed E-state index contributed by atoms with van der Waals surface area (Å²) in [5, 5.41) is 4.34. The number of imidazole rings is 1. The van der Waals surface area contributed by atoms with E-state index in [-0.39, 0.29) is 0 Å². The number of halogens is 1. The highest BCUT2D eigenvalue weighted by Crippen LogP contribution is 2.40. The van der Waals surface area contributed by atoms with Gasteiger partial charge in [0.25, 0.3) is 0 Å². The summed E-state index contributed by atoms with van der Waals surface area (Å²) in [7, 11) is 0. The molecule has 36 heavy (non-hydrogen) atoms. The number of aryl methyl sites for hydroxylation is 3. The summed E-state index contributed by atoms with van der Waals surface area (Å²) in [6, 6.07) is 25.1. The van der Waals surface area contributed by atoms with Gasteiger partial charge in [0.05, 0.1) is 11.4 Å². The van der Waals surface area contributed by atoms with Gasteiger partial charge in [-0.3, -0.25) is 4.40 Å². The lowest BCUT2D eigenvalue weighted by Gasteiger charge is -2.15. The van der Waals surface area contributed by atoms with Crippen LogP contribution in [0.2, 0.25) is 5.02 Å². The second-order valence-corrected chi connectivity index (χ2v) is 10.4. The molecule has 3 aromatic carbocycles. The Bertz CT molecular complexity index is 1590. The molecule has 5 heteroatoms. The van der Waals surface area contributed by atoms with Crippen LogP contribution in [0.3, 0.4) is 0 Å². The van der Waals surface area contributed by atoms with Crippen molar-refractivity contribution >= 4 is 40.1 Å². The summed E-state index contributed by atoms with van der Waals surface area (Å²) in [5.41, 5.74) is 12.0. The first kappa shape index (κ1) is 23.1. The van der Waals surface area contributed by atoms with Gasteiger partial charge in [-0.15, -0.1) is 0 Å². The molecule has 5 aromatic rings. The highest BCUT2D eigenvalue weighted by Gasteiger charge is 2.28. The fourth-order valence-electron chi connectivity index (χ4n) is 5.44. The number of hydrogen-bond acceptors (Lipinski definition) is 1. The fraction of sp³-hybridized carbons (Fsp3) is 0.194. The van der Waals surface area contributed by atoms with E-state index in [1.807, 2.05) is 12.1 Å². The van der Waals surface area contributed by atoms with E-state index < -0.39 is 0 Å². The lowest BCUT2D eigenvalue weighted by atomic mass is 9.98. The van der Waals surface area contributed by atoms with Crippen LogP contribution in [0.15, 0.2) is 79.0 Å². The van der Waals surface area contributed by atoms with Gasteiger partial charge in [0.15, 0.2) is 0 Å². The second kappa shape index (κ2) is 9.27. The zero-order valence-electron chi connectivity index (χ0n) is 20.5. The number of benzene rings is 3. The van der Waals surface area contributed by atoms with Crippen molar-refractivity contribution in [3.05, 3.63) is 106 Å². The Hall–Kier alpha value is -3.34. The number of rotatable bonds is 4. The van der Waals surface area contributed by atoms with E-state index >= 15 is 0 Å². The van der Waals surface area contributed by atoms with Crippen molar-refractivity contribution in [2.24, 2.45) is 0 Å². The SMILES string of the molecule is Cc1cccc(NC(=S)c2c(-c3ccc(Cl)cc3)c3c4n(c(-c5ccccc5)cn24)CCCC3)c1C. The molecule has 2 aromatic heterocycles. The highest BCUT2D eigenvalue weighted by atomic mass is 35.5. The number of aromatic nitrogens is 2. The number of nitrogens with one attached hydrogen (secondary N) is 1. The van der Waals surface area contributed by atoms with Gasteiger partial charge in [0.2, 0.25) is 0 Å². The topological polar surface area (TPSA) is 21.4 Å². The minimum Gasteiger partial charge on any atom is -0.345 e. The summed E-state index contributed by atoms with van der Waals surface area (Å²) >= 11 is 12.4. The average Bonchev–Trinajstić information content (AvgIpc) is 3.31. The minimum absolute atomic E-state index is 0.729. The minimum atomic E-state index is 0.729. The molecule has 1 N–H and O–H groups in total. The van der Waals surface area contributed by atoms with Crippen molar-refractivity contribution in [3.63, 3.8) is 0 Å². The Kier molecular flexibility index (Phi) is 5.94. The molecule has 0 atom stereocenters. The molecule has 0 fully saturated rings. The monoisotopic (exact) mass is 509 g/mol. The van der Waals surface area contributed by atoms with Gasteiger partial charge in [0.1, 0.15) is 10.6 Å². The molecule has 0 saturated carbocycles. The van der Waals surface area contributed by atoms with E-state index in [9.17, 15) is 0 Å². The zero-order valence-corrected chi connectivity index (χ0v) is 22.1. The Labute approximate surface area is 222 Å². The summed E-state index contributed by atoms with van der Waals surface area (Å²) in [4.78, 5) is 0.729. The van der Waals surface area contributed by atoms with Gasteiger partial charge in [-0.05, 0) is 73.6 Å². The first-order chi connectivity index (χ1) is 17.5. The summed E-state index contributed by atoms with van der Waals surface area (Å²) in [6.07, 6.45) is 5.59. The third kappa shape index (κ3) is 3.85. The maximum absolute atomic E-state index is 6.28. The van der Waals surface area contributed by atoms with Gasteiger partial charge in [-0.2, -0.15) is 0 Å². The van der Waals surface area contributed by atoms with Crippen molar-refractivity contribution < 1.29 is 0 Å². The van der Waals surface area contributed by atoms with E-state index in [4.69, 9.17) is 23.8 Å². The molecule has 0 bridgehead atoms. The second-order valence-electron chi connectivity index (χ2n) is 9.59. The Morgan fingerprint density at radius 2 is 1.67 bits per heavy atom. The molecule has 0 amide bonds. The quantitative estimate of drug-likeness (QED) is 0.245. The number of anilines is 1. The Morgan fingerprint density at radius 1 is 0.889 bits per heavy atom. The fourth-order valence-corrected chi connectivity index (χ4v) is 5.88. The third-order valence-corrected chi connectivity index (χ3v) is 7.95. The van der Waals surface area contributed by atoms with Crippen LogP contribution in [0, 0.1) is 13.8 Å². The average molecular weight is 510 g/mol. The lowest BCUT2D eigenvalue weighted by molar-refractivity contribution is 0.647. The van der Waals surface area contributed by atoms with E-state index in [0.29, 0.717) is 0 Å². The molecule has 3 heterocycles. The van der Waals surface area contributed by atoms with Crippen molar-refractivity contribution in [3.8, 4) is 22.4 Å². The molecule has 1 aliphatic rings. The molecule has 6 rings (SSSR count). The van der Waals surface area contributed by atoms with Crippen molar-refractivity contribution in [1.82, 2.24) is 8.97 Å². The van der Waals surface area contributed by atoms with Crippen molar-refractivity contribution in [1.29, 1.82) is 0 Å². The van der Waals surface area contributed by atoms with Crippen LogP contribution in [0.5, 0.6) is 0 Å². The van der Waals surface area contributed by atoms with Crippen LogP contribution in [-0.2, 0) is 13.0 Å². The maximum atomic E-state index is 6.28. The predicted molar refractivity (Wildman–Crippen MR) is 155 cm³/mol. The molecule has 0 radical (unpaired) electrons. The van der Waals surface area contributed by atoms with Crippen LogP contribution in [0.1, 0.15) is 35.2 Å². The number of nitrogens with zero attached hydrogens (tertiary/aromatic N) is 2. The molecule has 1 aliphatic heterocycles. The molecular weight excluding hydrogens is 482 g/mol. The van der Waals surface area contributed by atoms with E-state index in [1.165, 1.54) is 39.2 Å². The van der Waals surface area contributed by atoms with E-state index in [2.05, 4.69) is 95.0 Å². The Morgan fingerprint density at radius 3 is 2.44 bits per heavy atom. The number of hydrogen-bond donors (Lipinski definition) is 1. The molecule has 180 valence electrons. The van der Waals surface area contributed by atoms with Crippen LogP contribution in [0.4, 0.5) is 5.69 Å². The smallest absolute Gasteiger partial charge is 0.128 e. The molecular formula is C31H28ClN3S. The first-order valence-corrected chi connectivity index (χ1v) is 13.3. The lowest BCUT2D eigenvalue weighted by Crippen LogP contribution is -2.15. The van der Waals surface area contributed by atoms with Gasteiger partial charge < -0.3 is 9.88 Å². The Balaban J connectivity index is 1.62. The molecule has 0 unspecified atom stereocenters. The maximum Gasteiger partial charge on any atom is 0.128 e. The van der Waals surface area contributed by atoms with Gasteiger partial charge in [-0.1, -0.05) is 78.4 Å². The standard InChI is InChI=1S/C31H28ClN3S/c1-20-9-8-13-26(21(20)2)33-30(36)29-28(23-14-16-24(32)17-15-23)25-12-6-7-18-34-27(19-35(29)31(25)34)22-10-4-3-5-11-22/h3-5,8-11,13-17,19H,6-7,12,18H2,1-2H3,(H,33,36). The van der Waals surface area contributed by atoms with Crippen molar-refractivity contribution in [2.45, 2.75) is 39.7 Å². The highest BCUT2D eigenvalue weighted by molar-refractivity contribution is 7.81. The normalized spacial score (nSPS) is 13.1. The van der Waals surface area contributed by atoms with Crippen LogP contribution >= 0.6 is 23.8 Å². The zero-order chi connectivity index (χ0) is 24.8. The summed E-state index contributed by atoms with van der Waals surface area (Å²) in [6.45, 7) is 5.27. The molecule has 0 saturated heterocycles. The summed E-state index contributed by atoms with van der Waals surface area (Å²) in [5.74, 6) is 0. The van der Waals surface area contributed by atoms with E-state index in [0.717, 1.165) is 52.8 Å². The predicted octanol–water partition coefficient (Wildman–Crippen LogP) is 8.47. The van der Waals surface area contributed by atoms with Gasteiger partial charge in [-0.25, -0.2) is 0 Å². The third-order valence-electron chi connectivity index (χ3n) is 7.40. The number of thiocarbonyl (C=S) groups is 1.